The molecule has 0 saturated heterocycles. The molecule has 0 spiro atoms. The predicted octanol–water partition coefficient (Wildman–Crippen LogP) is 5.79. The number of benzene rings is 3. The Morgan fingerprint density at radius 2 is 1.13 bits per heavy atom. The van der Waals surface area contributed by atoms with Gasteiger partial charge in [0.05, 0.1) is 12.0 Å². The van der Waals surface area contributed by atoms with Gasteiger partial charge in [0, 0.05) is 24.2 Å². The lowest BCUT2D eigenvalue weighted by Gasteiger charge is -2.37. The van der Waals surface area contributed by atoms with Crippen molar-refractivity contribution in [3.05, 3.63) is 145 Å². The first kappa shape index (κ1) is 18.1. The van der Waals surface area contributed by atoms with Crippen LogP contribution in [0.5, 0.6) is 0 Å². The summed E-state index contributed by atoms with van der Waals surface area (Å²) in [6.07, 6.45) is 7.67. The van der Waals surface area contributed by atoms with Gasteiger partial charge in [-0.15, -0.1) is 0 Å². The van der Waals surface area contributed by atoms with Gasteiger partial charge in [-0.2, -0.15) is 0 Å². The Labute approximate surface area is 176 Å². The number of nitrogens with zero attached hydrogens (tertiary/aromatic N) is 3. The monoisotopic (exact) mass is 387 g/mol. The molecule has 0 aliphatic rings. The molecular formula is C27H21N3. The maximum Gasteiger partial charge on any atom is 0.121 e. The van der Waals surface area contributed by atoms with Crippen LogP contribution in [0.3, 0.4) is 0 Å². The topological polar surface area (TPSA) is 30.7 Å². The molecule has 0 amide bonds. The van der Waals surface area contributed by atoms with Crippen molar-refractivity contribution in [2.45, 2.75) is 5.54 Å². The summed E-state index contributed by atoms with van der Waals surface area (Å²) in [5.74, 6) is 0. The van der Waals surface area contributed by atoms with E-state index in [1.807, 2.05) is 24.7 Å². The minimum atomic E-state index is -0.544. The van der Waals surface area contributed by atoms with E-state index in [2.05, 4.69) is 107 Å². The molecule has 30 heavy (non-hydrogen) atoms. The Hall–Kier alpha value is -3.98. The lowest BCUT2D eigenvalue weighted by molar-refractivity contribution is 0.515. The van der Waals surface area contributed by atoms with E-state index in [1.165, 1.54) is 16.7 Å². The molecule has 3 heteroatoms. The summed E-state index contributed by atoms with van der Waals surface area (Å²) in [6.45, 7) is 0. The zero-order valence-electron chi connectivity index (χ0n) is 16.5. The molecule has 0 N–H and O–H groups in total. The Kier molecular flexibility index (Phi) is 4.70. The quantitative estimate of drug-likeness (QED) is 0.358. The van der Waals surface area contributed by atoms with Gasteiger partial charge in [-0.05, 0) is 28.8 Å². The van der Waals surface area contributed by atoms with Crippen LogP contribution in [-0.4, -0.2) is 14.5 Å². The number of hydrogen-bond donors (Lipinski definition) is 0. The summed E-state index contributed by atoms with van der Waals surface area (Å²) in [7, 11) is 0. The SMILES string of the molecule is c1ccc(C(c2ccccc2)(c2ccccc2)n2cnc(-c3cccnc3)c2)cc1. The van der Waals surface area contributed by atoms with Crippen molar-refractivity contribution in [3.63, 3.8) is 0 Å². The molecular weight excluding hydrogens is 366 g/mol. The van der Waals surface area contributed by atoms with Crippen LogP contribution in [0.1, 0.15) is 16.7 Å². The van der Waals surface area contributed by atoms with E-state index in [9.17, 15) is 0 Å². The van der Waals surface area contributed by atoms with E-state index in [4.69, 9.17) is 4.98 Å². The van der Waals surface area contributed by atoms with Crippen molar-refractivity contribution < 1.29 is 0 Å². The van der Waals surface area contributed by atoms with E-state index < -0.39 is 5.54 Å². The number of aromatic nitrogens is 3. The fourth-order valence-corrected chi connectivity index (χ4v) is 4.15. The maximum atomic E-state index is 4.75. The van der Waals surface area contributed by atoms with Crippen molar-refractivity contribution in [3.8, 4) is 11.3 Å². The summed E-state index contributed by atoms with van der Waals surface area (Å²) >= 11 is 0. The first-order chi connectivity index (χ1) is 14.9. The standard InChI is InChI=1S/C27H21N3/c1-4-12-23(13-5-1)27(24-14-6-2-7-15-24,25-16-8-3-9-17-25)30-20-26(29-21-30)22-11-10-18-28-19-22/h1-21H. The smallest absolute Gasteiger partial charge is 0.121 e. The lowest BCUT2D eigenvalue weighted by atomic mass is 9.77. The Balaban J connectivity index is 1.82. The first-order valence-electron chi connectivity index (χ1n) is 10.0. The van der Waals surface area contributed by atoms with E-state index in [1.54, 1.807) is 6.20 Å². The third kappa shape index (κ3) is 3.01. The molecule has 0 aliphatic carbocycles. The second-order valence-electron chi connectivity index (χ2n) is 7.22. The van der Waals surface area contributed by atoms with E-state index in [0.717, 1.165) is 11.3 Å². The minimum absolute atomic E-state index is 0.544. The van der Waals surface area contributed by atoms with Crippen LogP contribution in [0.2, 0.25) is 0 Å². The molecule has 5 rings (SSSR count). The van der Waals surface area contributed by atoms with Crippen molar-refractivity contribution >= 4 is 0 Å². The van der Waals surface area contributed by atoms with Gasteiger partial charge in [0.15, 0.2) is 0 Å². The van der Waals surface area contributed by atoms with Crippen LogP contribution < -0.4 is 0 Å². The third-order valence-corrected chi connectivity index (χ3v) is 5.50. The van der Waals surface area contributed by atoms with Crippen molar-refractivity contribution in [1.82, 2.24) is 14.5 Å². The zero-order chi connectivity index (χ0) is 20.2. The molecule has 0 unspecified atom stereocenters. The lowest BCUT2D eigenvalue weighted by Crippen LogP contribution is -2.36. The molecule has 3 nitrogen and oxygen atoms in total. The van der Waals surface area contributed by atoms with Crippen molar-refractivity contribution in [1.29, 1.82) is 0 Å². The van der Waals surface area contributed by atoms with Crippen LogP contribution in [0.25, 0.3) is 11.3 Å². The second-order valence-corrected chi connectivity index (χ2v) is 7.22. The highest BCUT2D eigenvalue weighted by atomic mass is 15.1. The third-order valence-electron chi connectivity index (χ3n) is 5.50. The Morgan fingerprint density at radius 3 is 1.60 bits per heavy atom. The van der Waals surface area contributed by atoms with Gasteiger partial charge in [-0.25, -0.2) is 4.98 Å². The highest BCUT2D eigenvalue weighted by Crippen LogP contribution is 2.41. The van der Waals surface area contributed by atoms with Gasteiger partial charge in [-0.3, -0.25) is 4.98 Å². The molecule has 0 aliphatic heterocycles. The summed E-state index contributed by atoms with van der Waals surface area (Å²) in [5, 5.41) is 0. The molecule has 0 fully saturated rings. The minimum Gasteiger partial charge on any atom is -0.318 e. The number of rotatable bonds is 5. The fourth-order valence-electron chi connectivity index (χ4n) is 4.15. The molecule has 2 aromatic heterocycles. The molecule has 0 atom stereocenters. The van der Waals surface area contributed by atoms with Gasteiger partial charge in [0.2, 0.25) is 0 Å². The summed E-state index contributed by atoms with van der Waals surface area (Å²) < 4.78 is 2.22. The van der Waals surface area contributed by atoms with Crippen LogP contribution in [-0.2, 0) is 5.54 Å². The van der Waals surface area contributed by atoms with Gasteiger partial charge < -0.3 is 4.57 Å². The molecule has 2 heterocycles. The van der Waals surface area contributed by atoms with Crippen LogP contribution >= 0.6 is 0 Å². The van der Waals surface area contributed by atoms with E-state index in [0.29, 0.717) is 0 Å². The molecule has 5 aromatic rings. The number of pyridine rings is 1. The molecule has 144 valence electrons. The Bertz CT molecular complexity index is 1120. The van der Waals surface area contributed by atoms with Gasteiger partial charge in [-0.1, -0.05) is 91.0 Å². The average molecular weight is 387 g/mol. The van der Waals surface area contributed by atoms with Crippen molar-refractivity contribution in [2.24, 2.45) is 0 Å². The highest BCUT2D eigenvalue weighted by molar-refractivity contribution is 5.58. The number of imidazole rings is 1. The zero-order valence-corrected chi connectivity index (χ0v) is 16.5. The first-order valence-corrected chi connectivity index (χ1v) is 10.0. The molecule has 3 aromatic carbocycles. The van der Waals surface area contributed by atoms with E-state index in [-0.39, 0.29) is 0 Å². The average Bonchev–Trinajstić information content (AvgIpc) is 3.33. The predicted molar refractivity (Wildman–Crippen MR) is 120 cm³/mol. The second kappa shape index (κ2) is 7.80. The summed E-state index contributed by atoms with van der Waals surface area (Å²) in [5.41, 5.74) is 4.89. The maximum absolute atomic E-state index is 4.75. The highest BCUT2D eigenvalue weighted by Gasteiger charge is 2.38. The van der Waals surface area contributed by atoms with Crippen LogP contribution in [0.15, 0.2) is 128 Å². The normalized spacial score (nSPS) is 11.3. The Morgan fingerprint density at radius 1 is 0.600 bits per heavy atom. The van der Waals surface area contributed by atoms with Gasteiger partial charge in [0.25, 0.3) is 0 Å². The number of hydrogen-bond acceptors (Lipinski definition) is 2. The fraction of sp³-hybridized carbons (Fsp3) is 0.0370. The summed E-state index contributed by atoms with van der Waals surface area (Å²) in [6, 6.07) is 35.8. The molecule has 0 saturated carbocycles. The molecule has 0 radical (unpaired) electrons. The summed E-state index contributed by atoms with van der Waals surface area (Å²) in [4.78, 5) is 9.01. The van der Waals surface area contributed by atoms with Crippen LogP contribution in [0, 0.1) is 0 Å². The van der Waals surface area contributed by atoms with Crippen molar-refractivity contribution in [2.75, 3.05) is 0 Å². The van der Waals surface area contributed by atoms with E-state index >= 15 is 0 Å². The molecule has 0 bridgehead atoms. The van der Waals surface area contributed by atoms with Gasteiger partial charge >= 0.3 is 0 Å². The van der Waals surface area contributed by atoms with Gasteiger partial charge in [0.1, 0.15) is 5.54 Å². The largest absolute Gasteiger partial charge is 0.318 e. The van der Waals surface area contributed by atoms with Crippen LogP contribution in [0.4, 0.5) is 0 Å².